The fourth-order valence-corrected chi connectivity index (χ4v) is 3.43. The van der Waals surface area contributed by atoms with Crippen LogP contribution in [0.2, 0.25) is 0 Å². The van der Waals surface area contributed by atoms with Gasteiger partial charge >= 0.3 is 12.4 Å². The Bertz CT molecular complexity index is 1020. The Morgan fingerprint density at radius 1 is 0.966 bits per heavy atom. The molecule has 0 amide bonds. The lowest BCUT2D eigenvalue weighted by Crippen LogP contribution is -2.10. The average Bonchev–Trinajstić information content (AvgIpc) is 3.06. The van der Waals surface area contributed by atoms with Gasteiger partial charge in [-0.2, -0.15) is 31.4 Å². The second kappa shape index (κ2) is 7.74. The van der Waals surface area contributed by atoms with E-state index in [0.29, 0.717) is 17.3 Å². The van der Waals surface area contributed by atoms with Crippen LogP contribution in [0.1, 0.15) is 11.3 Å². The van der Waals surface area contributed by atoms with E-state index in [1.54, 1.807) is 6.92 Å². The Hall–Kier alpha value is -2.49. The van der Waals surface area contributed by atoms with Gasteiger partial charge in [-0.25, -0.2) is 9.07 Å². The van der Waals surface area contributed by atoms with Crippen LogP contribution in [-0.2, 0) is 6.18 Å². The van der Waals surface area contributed by atoms with Gasteiger partial charge in [0.1, 0.15) is 5.82 Å². The van der Waals surface area contributed by atoms with Crippen molar-refractivity contribution in [2.75, 3.05) is 5.75 Å². The summed E-state index contributed by atoms with van der Waals surface area (Å²) in [5, 5.41) is 3.54. The zero-order valence-corrected chi connectivity index (χ0v) is 15.6. The van der Waals surface area contributed by atoms with Gasteiger partial charge in [-0.05, 0) is 42.8 Å². The number of aromatic nitrogens is 2. The van der Waals surface area contributed by atoms with Crippen molar-refractivity contribution in [2.24, 2.45) is 0 Å². The predicted molar refractivity (Wildman–Crippen MR) is 95.5 cm³/mol. The first-order valence-corrected chi connectivity index (χ1v) is 9.16. The highest BCUT2D eigenvalue weighted by Gasteiger charge is 2.35. The minimum atomic E-state index is -4.74. The first-order chi connectivity index (χ1) is 13.4. The number of hydrogen-bond donors (Lipinski definition) is 0. The van der Waals surface area contributed by atoms with Crippen LogP contribution in [0.25, 0.3) is 16.9 Å². The highest BCUT2D eigenvalue weighted by molar-refractivity contribution is 7.99. The molecule has 0 radical (unpaired) electrons. The van der Waals surface area contributed by atoms with Crippen molar-refractivity contribution in [3.63, 3.8) is 0 Å². The van der Waals surface area contributed by atoms with Gasteiger partial charge in [0.15, 0.2) is 5.69 Å². The standard InChI is InChI=1S/C19H13F7N2S/c1-11-5-6-12(7-16(11)29-10-18(21,22)23)15-9-17(19(24,25)26)27-28(15)14-4-2-3-13(20)8-14/h2-9H,10H2,1H3. The Labute approximate surface area is 165 Å². The second-order valence-electron chi connectivity index (χ2n) is 6.19. The van der Waals surface area contributed by atoms with Gasteiger partial charge in [-0.3, -0.25) is 0 Å². The van der Waals surface area contributed by atoms with E-state index >= 15 is 0 Å². The summed E-state index contributed by atoms with van der Waals surface area (Å²) in [6, 6.07) is 10.0. The van der Waals surface area contributed by atoms with E-state index in [0.717, 1.165) is 22.9 Å². The SMILES string of the molecule is Cc1ccc(-c2cc(C(F)(F)F)nn2-c2cccc(F)c2)cc1SCC(F)(F)F. The number of aryl methyl sites for hydroxylation is 1. The average molecular weight is 434 g/mol. The van der Waals surface area contributed by atoms with E-state index in [1.807, 2.05) is 0 Å². The van der Waals surface area contributed by atoms with Crippen LogP contribution in [0.15, 0.2) is 53.4 Å². The molecule has 0 aliphatic heterocycles. The van der Waals surface area contributed by atoms with E-state index in [4.69, 9.17) is 0 Å². The maximum atomic E-state index is 13.6. The maximum absolute atomic E-state index is 13.6. The summed E-state index contributed by atoms with van der Waals surface area (Å²) in [4.78, 5) is 0.278. The quantitative estimate of drug-likeness (QED) is 0.338. The number of rotatable bonds is 4. The minimum absolute atomic E-state index is 0.0169. The number of thioether (sulfide) groups is 1. The molecule has 29 heavy (non-hydrogen) atoms. The van der Waals surface area contributed by atoms with E-state index in [2.05, 4.69) is 5.10 Å². The molecule has 2 nitrogen and oxygen atoms in total. The number of hydrogen-bond acceptors (Lipinski definition) is 2. The molecule has 0 aliphatic carbocycles. The smallest absolute Gasteiger partial charge is 0.232 e. The fraction of sp³-hybridized carbons (Fsp3) is 0.211. The molecule has 10 heteroatoms. The molecular formula is C19H13F7N2S. The number of nitrogens with zero attached hydrogens (tertiary/aromatic N) is 2. The Morgan fingerprint density at radius 3 is 2.31 bits per heavy atom. The lowest BCUT2D eigenvalue weighted by molar-refractivity contribution is -0.141. The number of benzene rings is 2. The summed E-state index contributed by atoms with van der Waals surface area (Å²) in [7, 11) is 0. The van der Waals surface area contributed by atoms with Crippen molar-refractivity contribution in [1.29, 1.82) is 0 Å². The van der Waals surface area contributed by atoms with Gasteiger partial charge in [0.05, 0.1) is 17.1 Å². The van der Waals surface area contributed by atoms with Crippen LogP contribution >= 0.6 is 11.8 Å². The molecule has 0 aliphatic rings. The van der Waals surface area contributed by atoms with Crippen LogP contribution in [0.3, 0.4) is 0 Å². The zero-order chi connectivity index (χ0) is 21.4. The van der Waals surface area contributed by atoms with Crippen LogP contribution in [-0.4, -0.2) is 21.7 Å². The van der Waals surface area contributed by atoms with E-state index in [1.165, 1.54) is 30.3 Å². The van der Waals surface area contributed by atoms with E-state index in [-0.39, 0.29) is 21.8 Å². The first-order valence-electron chi connectivity index (χ1n) is 8.18. The summed E-state index contributed by atoms with van der Waals surface area (Å²) in [6.07, 6.45) is -9.13. The van der Waals surface area contributed by atoms with Gasteiger partial charge < -0.3 is 0 Å². The third-order valence-electron chi connectivity index (χ3n) is 3.93. The molecule has 0 bridgehead atoms. The van der Waals surface area contributed by atoms with Gasteiger partial charge in [-0.15, -0.1) is 11.8 Å². The molecule has 0 spiro atoms. The zero-order valence-electron chi connectivity index (χ0n) is 14.8. The van der Waals surface area contributed by atoms with Crippen molar-refractivity contribution < 1.29 is 30.7 Å². The van der Waals surface area contributed by atoms with Crippen LogP contribution in [0, 0.1) is 12.7 Å². The minimum Gasteiger partial charge on any atom is -0.232 e. The normalized spacial score (nSPS) is 12.4. The molecule has 2 aromatic carbocycles. The van der Waals surface area contributed by atoms with Crippen LogP contribution in [0.5, 0.6) is 0 Å². The fourth-order valence-electron chi connectivity index (χ4n) is 2.60. The molecule has 1 heterocycles. The lowest BCUT2D eigenvalue weighted by Gasteiger charge is -2.12. The topological polar surface area (TPSA) is 17.8 Å². The third kappa shape index (κ3) is 5.11. The third-order valence-corrected chi connectivity index (χ3v) is 5.15. The van der Waals surface area contributed by atoms with Gasteiger partial charge in [-0.1, -0.05) is 18.2 Å². The molecular weight excluding hydrogens is 421 g/mol. The molecule has 3 aromatic rings. The Balaban J connectivity index is 2.11. The number of alkyl halides is 6. The summed E-state index contributed by atoms with van der Waals surface area (Å²) in [6.45, 7) is 1.60. The van der Waals surface area contributed by atoms with Crippen molar-refractivity contribution >= 4 is 11.8 Å². The van der Waals surface area contributed by atoms with Crippen LogP contribution < -0.4 is 0 Å². The predicted octanol–water partition coefficient (Wildman–Crippen LogP) is 6.66. The molecule has 0 unspecified atom stereocenters. The Morgan fingerprint density at radius 2 is 1.69 bits per heavy atom. The molecule has 0 saturated heterocycles. The summed E-state index contributed by atoms with van der Waals surface area (Å²) in [5.74, 6) is -1.79. The molecule has 0 N–H and O–H groups in total. The highest BCUT2D eigenvalue weighted by Crippen LogP contribution is 2.36. The molecule has 154 valence electrons. The van der Waals surface area contributed by atoms with Crippen molar-refractivity contribution in [1.82, 2.24) is 9.78 Å². The molecule has 0 saturated carbocycles. The molecule has 0 fully saturated rings. The van der Waals surface area contributed by atoms with Gasteiger partial charge in [0, 0.05) is 10.5 Å². The van der Waals surface area contributed by atoms with Gasteiger partial charge in [0.25, 0.3) is 0 Å². The molecule has 3 rings (SSSR count). The summed E-state index contributed by atoms with van der Waals surface area (Å²) < 4.78 is 91.8. The monoisotopic (exact) mass is 434 g/mol. The van der Waals surface area contributed by atoms with Crippen molar-refractivity contribution in [3.8, 4) is 16.9 Å². The van der Waals surface area contributed by atoms with E-state index in [9.17, 15) is 30.7 Å². The largest absolute Gasteiger partial charge is 0.435 e. The van der Waals surface area contributed by atoms with E-state index < -0.39 is 29.6 Å². The Kier molecular flexibility index (Phi) is 5.66. The summed E-state index contributed by atoms with van der Waals surface area (Å²) >= 11 is 0.542. The van der Waals surface area contributed by atoms with Crippen molar-refractivity contribution in [3.05, 3.63) is 65.6 Å². The number of halogens is 7. The van der Waals surface area contributed by atoms with Crippen molar-refractivity contribution in [2.45, 2.75) is 24.2 Å². The maximum Gasteiger partial charge on any atom is 0.435 e. The van der Waals surface area contributed by atoms with Gasteiger partial charge in [0.2, 0.25) is 0 Å². The van der Waals surface area contributed by atoms with Crippen LogP contribution in [0.4, 0.5) is 30.7 Å². The molecule has 1 aromatic heterocycles. The summed E-state index contributed by atoms with van der Waals surface area (Å²) in [5.41, 5.74) is -0.373. The second-order valence-corrected chi connectivity index (χ2v) is 7.21. The molecule has 0 atom stereocenters. The lowest BCUT2D eigenvalue weighted by atomic mass is 10.1. The highest BCUT2D eigenvalue weighted by atomic mass is 32.2. The first kappa shape index (κ1) is 21.2.